The molecule has 1 aromatic rings. The quantitative estimate of drug-likeness (QED) is 0.698. The number of carbonyl (C=O) groups excluding carboxylic acids is 1. The summed E-state index contributed by atoms with van der Waals surface area (Å²) in [5.74, 6) is -0.179. The third kappa shape index (κ3) is 3.47. The fraction of sp³-hybridized carbons (Fsp3) is 0.500. The van der Waals surface area contributed by atoms with Gasteiger partial charge in [0, 0.05) is 6.54 Å². The van der Waals surface area contributed by atoms with E-state index >= 15 is 0 Å². The number of rotatable bonds is 5. The maximum Gasteiger partial charge on any atom is 0.319 e. The minimum Gasteiger partial charge on any atom is -0.468 e. The number of methoxy groups -OCH3 is 1. The molecule has 1 aromatic heterocycles. The number of likely N-dealkylation sites (N-methyl/N-ethyl adjacent to an activating group) is 1. The first-order valence-corrected chi connectivity index (χ1v) is 5.50. The average Bonchev–Trinajstić information content (AvgIpc) is 2.69. The molecule has 0 unspecified atom stereocenters. The number of nitrogens with zero attached hydrogens (tertiary/aromatic N) is 1. The van der Waals surface area contributed by atoms with E-state index in [1.165, 1.54) is 12.7 Å². The summed E-state index contributed by atoms with van der Waals surface area (Å²) in [6, 6.07) is 2.07. The number of hydrogen-bond donors (Lipinski definition) is 0. The summed E-state index contributed by atoms with van der Waals surface area (Å²) in [6.07, 6.45) is 0. The molecule has 0 spiro atoms. The Morgan fingerprint density at radius 1 is 1.64 bits per heavy atom. The molecule has 0 amide bonds. The Kier molecular flexibility index (Phi) is 4.62. The van der Waals surface area contributed by atoms with Crippen molar-refractivity contribution in [2.24, 2.45) is 0 Å². The molecule has 1 heterocycles. The van der Waals surface area contributed by atoms with Crippen LogP contribution in [0.2, 0.25) is 0 Å². The van der Waals surface area contributed by atoms with Gasteiger partial charge in [-0.2, -0.15) is 11.3 Å². The molecule has 0 radical (unpaired) electrons. The number of carbonyl (C=O) groups is 1. The number of esters is 1. The SMILES string of the molecule is CCN(CC(=O)OC)Cc1ccsc1. The molecule has 0 fully saturated rings. The lowest BCUT2D eigenvalue weighted by Gasteiger charge is -2.17. The van der Waals surface area contributed by atoms with Crippen molar-refractivity contribution >= 4 is 17.3 Å². The second-order valence-electron chi connectivity index (χ2n) is 3.01. The van der Waals surface area contributed by atoms with Gasteiger partial charge in [-0.1, -0.05) is 6.92 Å². The third-order valence-corrected chi connectivity index (χ3v) is 2.75. The van der Waals surface area contributed by atoms with E-state index in [0.29, 0.717) is 6.54 Å². The summed E-state index contributed by atoms with van der Waals surface area (Å²) in [5.41, 5.74) is 1.25. The first kappa shape index (κ1) is 11.2. The fourth-order valence-electron chi connectivity index (χ4n) is 1.17. The van der Waals surface area contributed by atoms with Crippen molar-refractivity contribution in [2.45, 2.75) is 13.5 Å². The predicted octanol–water partition coefficient (Wildman–Crippen LogP) is 1.74. The van der Waals surface area contributed by atoms with Gasteiger partial charge in [-0.15, -0.1) is 0 Å². The highest BCUT2D eigenvalue weighted by molar-refractivity contribution is 7.07. The van der Waals surface area contributed by atoms with Gasteiger partial charge in [0.05, 0.1) is 13.7 Å². The largest absolute Gasteiger partial charge is 0.468 e. The second-order valence-corrected chi connectivity index (χ2v) is 3.79. The summed E-state index contributed by atoms with van der Waals surface area (Å²) in [7, 11) is 1.42. The molecule has 0 aliphatic heterocycles. The van der Waals surface area contributed by atoms with Crippen molar-refractivity contribution in [1.82, 2.24) is 4.90 Å². The molecule has 3 nitrogen and oxygen atoms in total. The van der Waals surface area contributed by atoms with Gasteiger partial charge in [0.2, 0.25) is 0 Å². The maximum atomic E-state index is 11.0. The molecule has 0 N–H and O–H groups in total. The van der Waals surface area contributed by atoms with Gasteiger partial charge >= 0.3 is 5.97 Å². The standard InChI is InChI=1S/C10H15NO2S/c1-3-11(7-10(12)13-2)6-9-4-5-14-8-9/h4-5,8H,3,6-7H2,1-2H3. The maximum absolute atomic E-state index is 11.0. The van der Waals surface area contributed by atoms with Crippen LogP contribution in [-0.4, -0.2) is 31.1 Å². The van der Waals surface area contributed by atoms with Gasteiger partial charge in [0.15, 0.2) is 0 Å². The summed E-state index contributed by atoms with van der Waals surface area (Å²) >= 11 is 1.67. The van der Waals surface area contributed by atoms with Crippen LogP contribution in [0.4, 0.5) is 0 Å². The van der Waals surface area contributed by atoms with Crippen molar-refractivity contribution < 1.29 is 9.53 Å². The van der Waals surface area contributed by atoms with Gasteiger partial charge in [-0.3, -0.25) is 9.69 Å². The van der Waals surface area contributed by atoms with E-state index in [0.717, 1.165) is 13.1 Å². The van der Waals surface area contributed by atoms with Crippen LogP contribution >= 0.6 is 11.3 Å². The van der Waals surface area contributed by atoms with Crippen molar-refractivity contribution in [2.75, 3.05) is 20.2 Å². The molecule has 0 aromatic carbocycles. The molecule has 0 aliphatic rings. The highest BCUT2D eigenvalue weighted by Crippen LogP contribution is 2.09. The molecule has 0 bridgehead atoms. The first-order valence-electron chi connectivity index (χ1n) is 4.56. The molecule has 4 heteroatoms. The van der Waals surface area contributed by atoms with Crippen LogP contribution in [0, 0.1) is 0 Å². The lowest BCUT2D eigenvalue weighted by atomic mass is 10.3. The zero-order valence-corrected chi connectivity index (χ0v) is 9.34. The van der Waals surface area contributed by atoms with Gasteiger partial charge in [-0.25, -0.2) is 0 Å². The lowest BCUT2D eigenvalue weighted by Crippen LogP contribution is -2.29. The Morgan fingerprint density at radius 3 is 2.93 bits per heavy atom. The van der Waals surface area contributed by atoms with Gasteiger partial charge < -0.3 is 4.74 Å². The van der Waals surface area contributed by atoms with Crippen molar-refractivity contribution in [1.29, 1.82) is 0 Å². The number of hydrogen-bond acceptors (Lipinski definition) is 4. The predicted molar refractivity (Wildman–Crippen MR) is 57.3 cm³/mol. The molecule has 1 rings (SSSR count). The topological polar surface area (TPSA) is 29.5 Å². The zero-order valence-electron chi connectivity index (χ0n) is 8.53. The molecule has 78 valence electrons. The van der Waals surface area contributed by atoms with Crippen LogP contribution in [-0.2, 0) is 16.1 Å². The van der Waals surface area contributed by atoms with E-state index in [1.54, 1.807) is 11.3 Å². The summed E-state index contributed by atoms with van der Waals surface area (Å²) in [4.78, 5) is 13.1. The normalized spacial score (nSPS) is 10.5. The molecular weight excluding hydrogens is 198 g/mol. The summed E-state index contributed by atoms with van der Waals surface area (Å²) in [6.45, 7) is 4.07. The highest BCUT2D eigenvalue weighted by atomic mass is 32.1. The van der Waals surface area contributed by atoms with E-state index in [9.17, 15) is 4.79 Å². The minimum absolute atomic E-state index is 0.179. The Morgan fingerprint density at radius 2 is 2.43 bits per heavy atom. The number of thiophene rings is 1. The Hall–Kier alpha value is -0.870. The third-order valence-electron chi connectivity index (χ3n) is 2.01. The van der Waals surface area contributed by atoms with Crippen LogP contribution in [0.1, 0.15) is 12.5 Å². The van der Waals surface area contributed by atoms with Gasteiger partial charge in [0.1, 0.15) is 0 Å². The van der Waals surface area contributed by atoms with Crippen molar-refractivity contribution in [3.8, 4) is 0 Å². The molecule has 0 atom stereocenters. The zero-order chi connectivity index (χ0) is 10.4. The average molecular weight is 213 g/mol. The van der Waals surface area contributed by atoms with Gasteiger partial charge in [-0.05, 0) is 28.9 Å². The molecule has 0 saturated carbocycles. The monoisotopic (exact) mass is 213 g/mol. The van der Waals surface area contributed by atoms with Crippen LogP contribution in [0.25, 0.3) is 0 Å². The van der Waals surface area contributed by atoms with Crippen LogP contribution in [0.5, 0.6) is 0 Å². The Labute approximate surface area is 88.3 Å². The second kappa shape index (κ2) is 5.78. The van der Waals surface area contributed by atoms with Crippen LogP contribution in [0.3, 0.4) is 0 Å². The Bertz CT molecular complexity index is 272. The fourth-order valence-corrected chi connectivity index (χ4v) is 1.83. The smallest absolute Gasteiger partial charge is 0.319 e. The van der Waals surface area contributed by atoms with E-state index in [-0.39, 0.29) is 5.97 Å². The van der Waals surface area contributed by atoms with E-state index < -0.39 is 0 Å². The summed E-state index contributed by atoms with van der Waals surface area (Å²) in [5, 5.41) is 4.14. The first-order chi connectivity index (χ1) is 6.76. The summed E-state index contributed by atoms with van der Waals surface area (Å²) < 4.78 is 4.62. The highest BCUT2D eigenvalue weighted by Gasteiger charge is 2.09. The number of ether oxygens (including phenoxy) is 1. The molecular formula is C10H15NO2S. The minimum atomic E-state index is -0.179. The van der Waals surface area contributed by atoms with Crippen LogP contribution < -0.4 is 0 Å². The van der Waals surface area contributed by atoms with Crippen molar-refractivity contribution in [3.63, 3.8) is 0 Å². The Balaban J connectivity index is 2.43. The van der Waals surface area contributed by atoms with Crippen LogP contribution in [0.15, 0.2) is 16.8 Å². The van der Waals surface area contributed by atoms with E-state index in [4.69, 9.17) is 0 Å². The van der Waals surface area contributed by atoms with E-state index in [1.807, 2.05) is 17.2 Å². The molecule has 0 aliphatic carbocycles. The lowest BCUT2D eigenvalue weighted by molar-refractivity contribution is -0.142. The van der Waals surface area contributed by atoms with Gasteiger partial charge in [0.25, 0.3) is 0 Å². The van der Waals surface area contributed by atoms with E-state index in [2.05, 4.69) is 16.2 Å². The van der Waals surface area contributed by atoms with Crippen molar-refractivity contribution in [3.05, 3.63) is 22.4 Å². The molecule has 0 saturated heterocycles. The molecule has 14 heavy (non-hydrogen) atoms.